The third kappa shape index (κ3) is 4.83. The zero-order valence-corrected chi connectivity index (χ0v) is 13.5. The maximum Gasteiger partial charge on any atom is 0.191 e. The zero-order chi connectivity index (χ0) is 11.2. The molecule has 2 rings (SSSR count). The molecule has 5 heteroatoms. The summed E-state index contributed by atoms with van der Waals surface area (Å²) in [4.78, 5) is 4.37. The molecule has 17 heavy (non-hydrogen) atoms. The van der Waals surface area contributed by atoms with Crippen molar-refractivity contribution in [2.24, 2.45) is 4.99 Å². The lowest BCUT2D eigenvalue weighted by Gasteiger charge is -2.16. The van der Waals surface area contributed by atoms with Gasteiger partial charge in [-0.1, -0.05) is 34.1 Å². The van der Waals surface area contributed by atoms with Crippen molar-refractivity contribution in [3.8, 4) is 0 Å². The Balaban J connectivity index is 0.00000144. The first-order valence-electron chi connectivity index (χ1n) is 5.62. The summed E-state index contributed by atoms with van der Waals surface area (Å²) in [5.74, 6) is 0.943. The van der Waals surface area contributed by atoms with Crippen LogP contribution in [0.15, 0.2) is 33.7 Å². The fraction of sp³-hybridized carbons (Fsp3) is 0.417. The SMILES string of the molecule is Brc1ccccc1CCNC1=NCCCN1.I. The van der Waals surface area contributed by atoms with E-state index in [0.717, 1.165) is 38.4 Å². The highest BCUT2D eigenvalue weighted by atomic mass is 127. The maximum absolute atomic E-state index is 4.37. The van der Waals surface area contributed by atoms with Gasteiger partial charge in [0.25, 0.3) is 0 Å². The number of halogens is 2. The lowest BCUT2D eigenvalue weighted by Crippen LogP contribution is -2.41. The van der Waals surface area contributed by atoms with Crippen LogP contribution in [0.2, 0.25) is 0 Å². The predicted molar refractivity (Wildman–Crippen MR) is 86.2 cm³/mol. The fourth-order valence-electron chi connectivity index (χ4n) is 1.67. The minimum Gasteiger partial charge on any atom is -0.356 e. The van der Waals surface area contributed by atoms with E-state index in [2.05, 4.69) is 49.8 Å². The highest BCUT2D eigenvalue weighted by Crippen LogP contribution is 2.15. The largest absolute Gasteiger partial charge is 0.356 e. The standard InChI is InChI=1S/C12H16BrN3.HI/c13-11-5-2-1-4-10(11)6-9-16-12-14-7-3-8-15-12;/h1-2,4-5H,3,6-9H2,(H2,14,15,16);1H. The summed E-state index contributed by atoms with van der Waals surface area (Å²) >= 11 is 3.55. The Kier molecular flexibility index (Phi) is 6.87. The molecule has 94 valence electrons. The molecule has 0 atom stereocenters. The molecule has 0 spiro atoms. The van der Waals surface area contributed by atoms with Crippen LogP contribution in [0.4, 0.5) is 0 Å². The lowest BCUT2D eigenvalue weighted by atomic mass is 10.1. The molecule has 3 nitrogen and oxygen atoms in total. The van der Waals surface area contributed by atoms with Crippen LogP contribution in [-0.4, -0.2) is 25.6 Å². The van der Waals surface area contributed by atoms with E-state index in [9.17, 15) is 0 Å². The maximum atomic E-state index is 4.37. The van der Waals surface area contributed by atoms with Crippen LogP contribution in [0.5, 0.6) is 0 Å². The van der Waals surface area contributed by atoms with Gasteiger partial charge in [0.1, 0.15) is 0 Å². The van der Waals surface area contributed by atoms with E-state index >= 15 is 0 Å². The molecule has 0 amide bonds. The molecule has 0 aliphatic carbocycles. The van der Waals surface area contributed by atoms with Crippen molar-refractivity contribution < 1.29 is 0 Å². The average Bonchev–Trinajstić information content (AvgIpc) is 2.33. The van der Waals surface area contributed by atoms with Gasteiger partial charge in [-0.15, -0.1) is 24.0 Å². The van der Waals surface area contributed by atoms with Gasteiger partial charge in [0.15, 0.2) is 5.96 Å². The fourth-order valence-corrected chi connectivity index (χ4v) is 2.15. The number of rotatable bonds is 3. The van der Waals surface area contributed by atoms with Crippen LogP contribution < -0.4 is 10.6 Å². The van der Waals surface area contributed by atoms with E-state index in [-0.39, 0.29) is 24.0 Å². The van der Waals surface area contributed by atoms with Crippen LogP contribution >= 0.6 is 39.9 Å². The van der Waals surface area contributed by atoms with Gasteiger partial charge < -0.3 is 10.6 Å². The van der Waals surface area contributed by atoms with E-state index in [0.29, 0.717) is 0 Å². The van der Waals surface area contributed by atoms with Crippen LogP contribution in [0.3, 0.4) is 0 Å². The Morgan fingerprint density at radius 3 is 2.88 bits per heavy atom. The van der Waals surface area contributed by atoms with Gasteiger partial charge in [-0.05, 0) is 24.5 Å². The second kappa shape index (κ2) is 7.92. The van der Waals surface area contributed by atoms with Gasteiger partial charge in [-0.3, -0.25) is 4.99 Å². The Morgan fingerprint density at radius 1 is 1.35 bits per heavy atom. The normalized spacial score (nSPS) is 14.3. The smallest absolute Gasteiger partial charge is 0.191 e. The molecule has 0 unspecified atom stereocenters. The molecule has 0 bridgehead atoms. The van der Waals surface area contributed by atoms with Crippen molar-refractivity contribution in [2.45, 2.75) is 12.8 Å². The second-order valence-corrected chi connectivity index (χ2v) is 4.63. The van der Waals surface area contributed by atoms with Crippen molar-refractivity contribution in [2.75, 3.05) is 19.6 Å². The minimum atomic E-state index is 0. The van der Waals surface area contributed by atoms with E-state index in [4.69, 9.17) is 0 Å². The number of benzene rings is 1. The lowest BCUT2D eigenvalue weighted by molar-refractivity contribution is 0.700. The van der Waals surface area contributed by atoms with Gasteiger partial charge in [-0.2, -0.15) is 0 Å². The van der Waals surface area contributed by atoms with Gasteiger partial charge in [0, 0.05) is 24.1 Å². The summed E-state index contributed by atoms with van der Waals surface area (Å²) < 4.78 is 1.18. The number of hydrogen-bond donors (Lipinski definition) is 2. The summed E-state index contributed by atoms with van der Waals surface area (Å²) in [7, 11) is 0. The number of aliphatic imine (C=N–C) groups is 1. The molecule has 0 saturated heterocycles. The number of guanidine groups is 1. The highest BCUT2D eigenvalue weighted by Gasteiger charge is 2.03. The van der Waals surface area contributed by atoms with E-state index in [1.165, 1.54) is 10.0 Å². The van der Waals surface area contributed by atoms with Crippen LogP contribution in [0, 0.1) is 0 Å². The summed E-state index contributed by atoms with van der Waals surface area (Å²) in [5, 5.41) is 6.56. The summed E-state index contributed by atoms with van der Waals surface area (Å²) in [5.41, 5.74) is 1.33. The molecule has 0 saturated carbocycles. The van der Waals surface area contributed by atoms with Crippen molar-refractivity contribution in [3.05, 3.63) is 34.3 Å². The second-order valence-electron chi connectivity index (χ2n) is 3.78. The van der Waals surface area contributed by atoms with Crippen LogP contribution in [0.1, 0.15) is 12.0 Å². The molecule has 1 heterocycles. The van der Waals surface area contributed by atoms with E-state index in [1.54, 1.807) is 0 Å². The third-order valence-electron chi connectivity index (χ3n) is 2.54. The zero-order valence-electron chi connectivity index (χ0n) is 9.58. The molecule has 0 fully saturated rings. The molecular formula is C12H17BrIN3. The first-order valence-corrected chi connectivity index (χ1v) is 6.41. The van der Waals surface area contributed by atoms with E-state index in [1.807, 2.05) is 6.07 Å². The van der Waals surface area contributed by atoms with Crippen LogP contribution in [-0.2, 0) is 6.42 Å². The molecule has 1 aromatic carbocycles. The molecule has 1 aromatic rings. The number of nitrogens with zero attached hydrogens (tertiary/aromatic N) is 1. The summed E-state index contributed by atoms with van der Waals surface area (Å²) in [6.45, 7) is 2.87. The molecule has 0 aromatic heterocycles. The summed E-state index contributed by atoms with van der Waals surface area (Å²) in [6, 6.07) is 8.32. The van der Waals surface area contributed by atoms with Gasteiger partial charge in [-0.25, -0.2) is 0 Å². The molecule has 2 N–H and O–H groups in total. The monoisotopic (exact) mass is 409 g/mol. The first kappa shape index (κ1) is 14.8. The Bertz CT molecular complexity index is 382. The van der Waals surface area contributed by atoms with Crippen molar-refractivity contribution in [1.82, 2.24) is 10.6 Å². The molecular weight excluding hydrogens is 393 g/mol. The van der Waals surface area contributed by atoms with Gasteiger partial charge in [0.2, 0.25) is 0 Å². The minimum absolute atomic E-state index is 0. The predicted octanol–water partition coefficient (Wildman–Crippen LogP) is 2.55. The number of hydrogen-bond acceptors (Lipinski definition) is 3. The van der Waals surface area contributed by atoms with Crippen molar-refractivity contribution >= 4 is 45.9 Å². The molecule has 1 aliphatic heterocycles. The topological polar surface area (TPSA) is 36.4 Å². The van der Waals surface area contributed by atoms with Gasteiger partial charge in [0.05, 0.1) is 0 Å². The Morgan fingerprint density at radius 2 is 2.18 bits per heavy atom. The first-order chi connectivity index (χ1) is 7.86. The molecule has 0 radical (unpaired) electrons. The quantitative estimate of drug-likeness (QED) is 0.752. The average molecular weight is 410 g/mol. The van der Waals surface area contributed by atoms with Crippen LogP contribution in [0.25, 0.3) is 0 Å². The molecule has 1 aliphatic rings. The Labute approximate surface area is 128 Å². The summed E-state index contributed by atoms with van der Waals surface area (Å²) in [6.07, 6.45) is 2.14. The van der Waals surface area contributed by atoms with Crippen molar-refractivity contribution in [1.29, 1.82) is 0 Å². The van der Waals surface area contributed by atoms with Crippen molar-refractivity contribution in [3.63, 3.8) is 0 Å². The van der Waals surface area contributed by atoms with E-state index < -0.39 is 0 Å². The number of nitrogens with one attached hydrogen (secondary N) is 2. The third-order valence-corrected chi connectivity index (χ3v) is 3.32. The Hall–Kier alpha value is -0.300. The van der Waals surface area contributed by atoms with Gasteiger partial charge >= 0.3 is 0 Å². The highest BCUT2D eigenvalue weighted by molar-refractivity contribution is 14.0.